The highest BCUT2D eigenvalue weighted by molar-refractivity contribution is 14.0. The monoisotopic (exact) mass is 483 g/mol. The zero-order valence-electron chi connectivity index (χ0n) is 16.7. The molecule has 0 saturated heterocycles. The lowest BCUT2D eigenvalue weighted by Gasteiger charge is -2.27. The van der Waals surface area contributed by atoms with E-state index in [9.17, 15) is 0 Å². The van der Waals surface area contributed by atoms with Gasteiger partial charge < -0.3 is 20.1 Å². The second-order valence-corrected chi connectivity index (χ2v) is 6.70. The number of aliphatic imine (C=N–C) groups is 1. The van der Waals surface area contributed by atoms with Crippen molar-refractivity contribution in [1.82, 2.24) is 10.6 Å². The van der Waals surface area contributed by atoms with Crippen molar-refractivity contribution >= 4 is 29.9 Å². The number of hydrogen-bond acceptors (Lipinski definition) is 3. The van der Waals surface area contributed by atoms with Crippen LogP contribution in [0, 0.1) is 0 Å². The lowest BCUT2D eigenvalue weighted by molar-refractivity contribution is 0.409. The molecule has 0 bridgehead atoms. The SMILES string of the molecule is CN=C(NCc1ccccc1OC)NCC(C)(C)c1ccc(OC)cc1.I. The fourth-order valence-electron chi connectivity index (χ4n) is 2.70. The molecule has 0 aliphatic rings. The Bertz CT molecular complexity index is 730. The Morgan fingerprint density at radius 3 is 2.22 bits per heavy atom. The Kier molecular flexibility index (Phi) is 9.41. The van der Waals surface area contributed by atoms with E-state index in [1.807, 2.05) is 36.4 Å². The minimum atomic E-state index is -0.0473. The van der Waals surface area contributed by atoms with Crippen molar-refractivity contribution in [3.63, 3.8) is 0 Å². The fraction of sp³-hybridized carbons (Fsp3) is 0.381. The standard InChI is InChI=1S/C21H29N3O2.HI/c1-21(2,17-10-12-18(25-4)13-11-17)15-24-20(22-3)23-14-16-8-6-7-9-19(16)26-5;/h6-13H,14-15H2,1-5H3,(H2,22,23,24);1H. The van der Waals surface area contributed by atoms with Crippen LogP contribution in [0.4, 0.5) is 0 Å². The Labute approximate surface area is 179 Å². The number of nitrogens with zero attached hydrogens (tertiary/aromatic N) is 1. The Hall–Kier alpha value is -1.96. The second-order valence-electron chi connectivity index (χ2n) is 6.70. The van der Waals surface area contributed by atoms with E-state index >= 15 is 0 Å². The molecular formula is C21H30IN3O2. The van der Waals surface area contributed by atoms with Gasteiger partial charge in [-0.3, -0.25) is 4.99 Å². The molecule has 0 unspecified atom stereocenters. The predicted molar refractivity (Wildman–Crippen MR) is 123 cm³/mol. The van der Waals surface area contributed by atoms with Crippen molar-refractivity contribution in [1.29, 1.82) is 0 Å². The zero-order chi connectivity index (χ0) is 19.0. The van der Waals surface area contributed by atoms with Crippen molar-refractivity contribution in [2.24, 2.45) is 4.99 Å². The number of guanidine groups is 1. The lowest BCUT2D eigenvalue weighted by atomic mass is 9.84. The summed E-state index contributed by atoms with van der Waals surface area (Å²) in [4.78, 5) is 4.32. The molecule has 0 atom stereocenters. The molecule has 27 heavy (non-hydrogen) atoms. The molecule has 5 nitrogen and oxygen atoms in total. The Morgan fingerprint density at radius 1 is 0.963 bits per heavy atom. The van der Waals surface area contributed by atoms with Crippen molar-refractivity contribution < 1.29 is 9.47 Å². The molecular weight excluding hydrogens is 453 g/mol. The van der Waals surface area contributed by atoms with E-state index in [0.29, 0.717) is 6.54 Å². The first-order valence-corrected chi connectivity index (χ1v) is 8.71. The topological polar surface area (TPSA) is 54.9 Å². The van der Waals surface area contributed by atoms with E-state index in [1.165, 1.54) is 5.56 Å². The second kappa shape index (κ2) is 11.0. The molecule has 6 heteroatoms. The van der Waals surface area contributed by atoms with Crippen LogP contribution < -0.4 is 20.1 Å². The first kappa shape index (κ1) is 23.1. The van der Waals surface area contributed by atoms with Crippen LogP contribution in [0.2, 0.25) is 0 Å². The fourth-order valence-corrected chi connectivity index (χ4v) is 2.70. The molecule has 2 rings (SSSR count). The minimum Gasteiger partial charge on any atom is -0.497 e. The van der Waals surface area contributed by atoms with Crippen LogP contribution in [-0.2, 0) is 12.0 Å². The van der Waals surface area contributed by atoms with Crippen LogP contribution in [0.25, 0.3) is 0 Å². The quantitative estimate of drug-likeness (QED) is 0.356. The van der Waals surface area contributed by atoms with Crippen LogP contribution in [0.3, 0.4) is 0 Å². The van der Waals surface area contributed by atoms with Crippen molar-refractivity contribution in [3.8, 4) is 11.5 Å². The zero-order valence-corrected chi connectivity index (χ0v) is 19.0. The van der Waals surface area contributed by atoms with Crippen LogP contribution in [0.5, 0.6) is 11.5 Å². The van der Waals surface area contributed by atoms with Gasteiger partial charge in [-0.15, -0.1) is 24.0 Å². The molecule has 0 radical (unpaired) electrons. The summed E-state index contributed by atoms with van der Waals surface area (Å²) in [5.74, 6) is 2.50. The lowest BCUT2D eigenvalue weighted by Crippen LogP contribution is -2.43. The van der Waals surface area contributed by atoms with E-state index in [1.54, 1.807) is 21.3 Å². The third-order valence-corrected chi connectivity index (χ3v) is 4.43. The molecule has 0 aliphatic carbocycles. The summed E-state index contributed by atoms with van der Waals surface area (Å²) in [5.41, 5.74) is 2.28. The van der Waals surface area contributed by atoms with Gasteiger partial charge >= 0.3 is 0 Å². The summed E-state index contributed by atoms with van der Waals surface area (Å²) in [6.45, 7) is 5.81. The third-order valence-electron chi connectivity index (χ3n) is 4.43. The smallest absolute Gasteiger partial charge is 0.191 e. The summed E-state index contributed by atoms with van der Waals surface area (Å²) >= 11 is 0. The molecule has 2 aromatic rings. The maximum absolute atomic E-state index is 5.39. The van der Waals surface area contributed by atoms with E-state index < -0.39 is 0 Å². The first-order chi connectivity index (χ1) is 12.5. The predicted octanol–water partition coefficient (Wildman–Crippen LogP) is 3.96. The van der Waals surface area contributed by atoms with Gasteiger partial charge in [0.05, 0.1) is 14.2 Å². The third kappa shape index (κ3) is 6.61. The highest BCUT2D eigenvalue weighted by Crippen LogP contribution is 2.24. The molecule has 0 saturated carbocycles. The molecule has 0 spiro atoms. The highest BCUT2D eigenvalue weighted by atomic mass is 127. The molecule has 0 aliphatic heterocycles. The minimum absolute atomic E-state index is 0. The Balaban J connectivity index is 0.00000364. The van der Waals surface area contributed by atoms with Crippen LogP contribution in [0.15, 0.2) is 53.5 Å². The molecule has 148 valence electrons. The van der Waals surface area contributed by atoms with Gasteiger partial charge in [-0.2, -0.15) is 0 Å². The van der Waals surface area contributed by atoms with E-state index in [2.05, 4.69) is 41.6 Å². The normalized spacial score (nSPS) is 11.4. The van der Waals surface area contributed by atoms with Gasteiger partial charge in [0, 0.05) is 31.1 Å². The van der Waals surface area contributed by atoms with Crippen molar-refractivity contribution in [3.05, 3.63) is 59.7 Å². The highest BCUT2D eigenvalue weighted by Gasteiger charge is 2.21. The number of benzene rings is 2. The molecule has 0 aromatic heterocycles. The summed E-state index contributed by atoms with van der Waals surface area (Å²) < 4.78 is 10.6. The van der Waals surface area contributed by atoms with Gasteiger partial charge in [0.25, 0.3) is 0 Å². The molecule has 0 fully saturated rings. The molecule has 0 amide bonds. The number of hydrogen-bond donors (Lipinski definition) is 2. The van der Waals surface area contributed by atoms with Crippen molar-refractivity contribution in [2.45, 2.75) is 25.8 Å². The van der Waals surface area contributed by atoms with Crippen LogP contribution in [-0.4, -0.2) is 33.8 Å². The number of halogens is 1. The average Bonchev–Trinajstić information content (AvgIpc) is 2.68. The molecule has 2 N–H and O–H groups in total. The van der Waals surface area contributed by atoms with Gasteiger partial charge in [-0.1, -0.05) is 44.2 Å². The molecule has 2 aromatic carbocycles. The van der Waals surface area contributed by atoms with Gasteiger partial charge in [0.1, 0.15) is 11.5 Å². The molecule has 0 heterocycles. The number of methoxy groups -OCH3 is 2. The van der Waals surface area contributed by atoms with E-state index in [0.717, 1.165) is 29.6 Å². The van der Waals surface area contributed by atoms with E-state index in [-0.39, 0.29) is 29.4 Å². The summed E-state index contributed by atoms with van der Waals surface area (Å²) in [7, 11) is 5.14. The van der Waals surface area contributed by atoms with Gasteiger partial charge in [0.15, 0.2) is 5.96 Å². The number of para-hydroxylation sites is 1. The number of rotatable bonds is 7. The van der Waals surface area contributed by atoms with E-state index in [4.69, 9.17) is 9.47 Å². The van der Waals surface area contributed by atoms with Crippen LogP contribution >= 0.6 is 24.0 Å². The summed E-state index contributed by atoms with van der Waals surface area (Å²) in [6.07, 6.45) is 0. The Morgan fingerprint density at radius 2 is 1.63 bits per heavy atom. The van der Waals surface area contributed by atoms with Gasteiger partial charge in [0.2, 0.25) is 0 Å². The average molecular weight is 483 g/mol. The summed E-state index contributed by atoms with van der Waals surface area (Å²) in [5, 5.41) is 6.75. The number of ether oxygens (including phenoxy) is 2. The van der Waals surface area contributed by atoms with Gasteiger partial charge in [-0.25, -0.2) is 0 Å². The maximum Gasteiger partial charge on any atom is 0.191 e. The maximum atomic E-state index is 5.39. The van der Waals surface area contributed by atoms with Gasteiger partial charge in [-0.05, 0) is 23.8 Å². The van der Waals surface area contributed by atoms with Crippen LogP contribution in [0.1, 0.15) is 25.0 Å². The van der Waals surface area contributed by atoms with Crippen molar-refractivity contribution in [2.75, 3.05) is 27.8 Å². The first-order valence-electron chi connectivity index (χ1n) is 8.71. The number of nitrogens with one attached hydrogen (secondary N) is 2. The largest absolute Gasteiger partial charge is 0.497 e. The summed E-state index contributed by atoms with van der Waals surface area (Å²) in [6, 6.07) is 16.2.